The summed E-state index contributed by atoms with van der Waals surface area (Å²) in [7, 11) is 0. The molecule has 0 unspecified atom stereocenters. The molecule has 0 bridgehead atoms. The number of carbonyl (C=O) groups excluding carboxylic acids is 1. The second kappa shape index (κ2) is 8.71. The zero-order chi connectivity index (χ0) is 19.4. The van der Waals surface area contributed by atoms with Crippen LogP contribution in [0.4, 0.5) is 4.39 Å². The first-order chi connectivity index (χ1) is 13.0. The van der Waals surface area contributed by atoms with Gasteiger partial charge in [0.25, 0.3) is 0 Å². The molecule has 0 radical (unpaired) electrons. The lowest BCUT2D eigenvalue weighted by molar-refractivity contribution is 0.0728. The number of rotatable bonds is 5. The highest BCUT2D eigenvalue weighted by atomic mass is 127. The summed E-state index contributed by atoms with van der Waals surface area (Å²) in [5, 5.41) is 0.0506. The number of hydrogen-bond acceptors (Lipinski definition) is 3. The summed E-state index contributed by atoms with van der Waals surface area (Å²) in [6, 6.07) is 18.0. The van der Waals surface area contributed by atoms with Gasteiger partial charge in [0.15, 0.2) is 5.75 Å². The van der Waals surface area contributed by atoms with Crippen LogP contribution in [0.1, 0.15) is 21.5 Å². The molecule has 0 atom stereocenters. The van der Waals surface area contributed by atoms with E-state index in [1.807, 2.05) is 30.3 Å². The van der Waals surface area contributed by atoms with Crippen LogP contribution in [0.5, 0.6) is 11.5 Å². The molecule has 0 aromatic heterocycles. The predicted molar refractivity (Wildman–Crippen MR) is 111 cm³/mol. The van der Waals surface area contributed by atoms with Crippen LogP contribution in [0.2, 0.25) is 5.02 Å². The predicted octanol–water partition coefficient (Wildman–Crippen LogP) is 6.19. The normalized spacial score (nSPS) is 10.5. The standard InChI is InChI=1S/C21H15ClFIO3/c1-13-16(21(25)27-15-10-6-3-7-11-15)20(17(22)19(24)18(13)23)26-12-14-8-4-2-5-9-14/h2-11H,12H2,1H3. The quantitative estimate of drug-likeness (QED) is 0.183. The first kappa shape index (κ1) is 19.6. The fourth-order valence-corrected chi connectivity index (χ4v) is 3.39. The van der Waals surface area contributed by atoms with Gasteiger partial charge in [0.1, 0.15) is 23.7 Å². The van der Waals surface area contributed by atoms with Crippen molar-refractivity contribution in [1.29, 1.82) is 0 Å². The molecule has 0 amide bonds. The Balaban J connectivity index is 1.99. The van der Waals surface area contributed by atoms with E-state index in [9.17, 15) is 9.18 Å². The van der Waals surface area contributed by atoms with Gasteiger partial charge in [0, 0.05) is 5.56 Å². The molecule has 3 aromatic carbocycles. The molecule has 0 fully saturated rings. The maximum atomic E-state index is 14.5. The minimum atomic E-state index is -0.723. The molecule has 0 saturated heterocycles. The fraction of sp³-hybridized carbons (Fsp3) is 0.0952. The second-order valence-corrected chi connectivity index (χ2v) is 7.20. The summed E-state index contributed by atoms with van der Waals surface area (Å²) < 4.78 is 25.9. The van der Waals surface area contributed by atoms with Crippen molar-refractivity contribution in [1.82, 2.24) is 0 Å². The topological polar surface area (TPSA) is 35.5 Å². The molecular weight excluding hydrogens is 482 g/mol. The lowest BCUT2D eigenvalue weighted by atomic mass is 10.1. The molecule has 3 rings (SSSR count). The summed E-state index contributed by atoms with van der Waals surface area (Å²) in [5.74, 6) is -0.817. The Hall–Kier alpha value is -2.12. The summed E-state index contributed by atoms with van der Waals surface area (Å²) in [5.41, 5.74) is 1.01. The Bertz CT molecular complexity index is 962. The molecule has 0 saturated carbocycles. The highest BCUT2D eigenvalue weighted by Gasteiger charge is 2.27. The van der Waals surface area contributed by atoms with Crippen molar-refractivity contribution in [2.75, 3.05) is 0 Å². The molecule has 0 aliphatic heterocycles. The monoisotopic (exact) mass is 496 g/mol. The Kier molecular flexibility index (Phi) is 6.34. The van der Waals surface area contributed by atoms with Crippen LogP contribution in [0.15, 0.2) is 60.7 Å². The summed E-state index contributed by atoms with van der Waals surface area (Å²) in [6.07, 6.45) is 0. The van der Waals surface area contributed by atoms with Gasteiger partial charge >= 0.3 is 5.97 Å². The van der Waals surface area contributed by atoms with Crippen LogP contribution in [0.3, 0.4) is 0 Å². The highest BCUT2D eigenvalue weighted by molar-refractivity contribution is 14.1. The number of ether oxygens (including phenoxy) is 2. The van der Waals surface area contributed by atoms with Crippen molar-refractivity contribution in [2.45, 2.75) is 13.5 Å². The Labute approximate surface area is 175 Å². The molecule has 6 heteroatoms. The van der Waals surface area contributed by atoms with E-state index in [-0.39, 0.29) is 32.1 Å². The van der Waals surface area contributed by atoms with E-state index in [4.69, 9.17) is 21.1 Å². The largest absolute Gasteiger partial charge is 0.486 e. The number of hydrogen-bond donors (Lipinski definition) is 0. The van der Waals surface area contributed by atoms with Crippen molar-refractivity contribution >= 4 is 40.2 Å². The molecule has 0 N–H and O–H groups in total. The Morgan fingerprint density at radius 1 is 1.07 bits per heavy atom. The second-order valence-electron chi connectivity index (χ2n) is 5.75. The van der Waals surface area contributed by atoms with Gasteiger partial charge in [-0.05, 0) is 47.2 Å². The van der Waals surface area contributed by atoms with Crippen molar-refractivity contribution in [3.63, 3.8) is 0 Å². The fourth-order valence-electron chi connectivity index (χ4n) is 2.51. The molecular formula is C21H15ClFIO3. The Morgan fingerprint density at radius 2 is 1.67 bits per heavy atom. The average Bonchev–Trinajstić information content (AvgIpc) is 2.69. The smallest absolute Gasteiger partial charge is 0.347 e. The number of esters is 1. The van der Waals surface area contributed by atoms with E-state index in [1.54, 1.807) is 52.9 Å². The Morgan fingerprint density at radius 3 is 2.30 bits per heavy atom. The lowest BCUT2D eigenvalue weighted by Gasteiger charge is -2.17. The third-order valence-corrected chi connectivity index (χ3v) is 5.59. The van der Waals surface area contributed by atoms with E-state index in [0.717, 1.165) is 5.56 Å². The highest BCUT2D eigenvalue weighted by Crippen LogP contribution is 2.38. The van der Waals surface area contributed by atoms with Gasteiger partial charge in [-0.1, -0.05) is 60.1 Å². The number of carbonyl (C=O) groups is 1. The van der Waals surface area contributed by atoms with Crippen LogP contribution < -0.4 is 9.47 Å². The van der Waals surface area contributed by atoms with Gasteiger partial charge in [-0.3, -0.25) is 0 Å². The van der Waals surface area contributed by atoms with Crippen LogP contribution >= 0.6 is 34.2 Å². The van der Waals surface area contributed by atoms with E-state index < -0.39 is 11.8 Å². The van der Waals surface area contributed by atoms with E-state index in [1.165, 1.54) is 6.92 Å². The van der Waals surface area contributed by atoms with Crippen molar-refractivity contribution in [3.8, 4) is 11.5 Å². The summed E-state index contributed by atoms with van der Waals surface area (Å²) in [4.78, 5) is 12.8. The van der Waals surface area contributed by atoms with Crippen LogP contribution in [-0.4, -0.2) is 5.97 Å². The molecule has 0 aliphatic carbocycles. The molecule has 3 nitrogen and oxygen atoms in total. The number of para-hydroxylation sites is 1. The number of benzene rings is 3. The zero-order valence-corrected chi connectivity index (χ0v) is 17.3. The maximum Gasteiger partial charge on any atom is 0.347 e. The minimum absolute atomic E-state index is 0.0160. The van der Waals surface area contributed by atoms with E-state index in [0.29, 0.717) is 5.75 Å². The summed E-state index contributed by atoms with van der Waals surface area (Å²) in [6.45, 7) is 1.69. The van der Waals surface area contributed by atoms with Gasteiger partial charge in [-0.25, -0.2) is 9.18 Å². The summed E-state index contributed by atoms with van der Waals surface area (Å²) >= 11 is 8.11. The first-order valence-corrected chi connectivity index (χ1v) is 9.55. The van der Waals surface area contributed by atoms with Gasteiger partial charge in [0.05, 0.1) is 8.59 Å². The molecule has 138 valence electrons. The minimum Gasteiger partial charge on any atom is -0.486 e. The van der Waals surface area contributed by atoms with Crippen molar-refractivity contribution < 1.29 is 18.7 Å². The van der Waals surface area contributed by atoms with Gasteiger partial charge in [-0.15, -0.1) is 0 Å². The van der Waals surface area contributed by atoms with E-state index >= 15 is 0 Å². The zero-order valence-electron chi connectivity index (χ0n) is 14.3. The molecule has 0 spiro atoms. The maximum absolute atomic E-state index is 14.5. The van der Waals surface area contributed by atoms with Gasteiger partial charge in [0.2, 0.25) is 0 Å². The van der Waals surface area contributed by atoms with E-state index in [2.05, 4.69) is 0 Å². The van der Waals surface area contributed by atoms with Crippen LogP contribution in [0.25, 0.3) is 0 Å². The average molecular weight is 497 g/mol. The lowest BCUT2D eigenvalue weighted by Crippen LogP contribution is -2.15. The van der Waals surface area contributed by atoms with Gasteiger partial charge < -0.3 is 9.47 Å². The van der Waals surface area contributed by atoms with Gasteiger partial charge in [-0.2, -0.15) is 0 Å². The molecule has 0 heterocycles. The van der Waals surface area contributed by atoms with Crippen molar-refractivity contribution in [3.05, 3.63) is 91.8 Å². The van der Waals surface area contributed by atoms with Crippen LogP contribution in [0, 0.1) is 16.3 Å². The third-order valence-electron chi connectivity index (χ3n) is 3.90. The molecule has 0 aliphatic rings. The van der Waals surface area contributed by atoms with Crippen molar-refractivity contribution in [2.24, 2.45) is 0 Å². The van der Waals surface area contributed by atoms with Crippen LogP contribution in [-0.2, 0) is 6.61 Å². The third kappa shape index (κ3) is 4.42. The molecule has 3 aromatic rings. The SMILES string of the molecule is Cc1c(F)c(I)c(Cl)c(OCc2ccccc2)c1C(=O)Oc1ccccc1. The number of halogens is 3. The molecule has 27 heavy (non-hydrogen) atoms. The first-order valence-electron chi connectivity index (χ1n) is 8.10.